The van der Waals surface area contributed by atoms with E-state index in [0.29, 0.717) is 12.5 Å². The molecule has 0 saturated heterocycles. The van der Waals surface area contributed by atoms with Crippen molar-refractivity contribution in [3.8, 4) is 0 Å². The Morgan fingerprint density at radius 2 is 2.23 bits per heavy atom. The summed E-state index contributed by atoms with van der Waals surface area (Å²) in [5.41, 5.74) is 2.36. The highest BCUT2D eigenvalue weighted by Gasteiger charge is 1.99. The summed E-state index contributed by atoms with van der Waals surface area (Å²) in [7, 11) is 1.69. The average molecular weight is 179 g/mol. The summed E-state index contributed by atoms with van der Waals surface area (Å²) < 4.78 is 5.03. The summed E-state index contributed by atoms with van der Waals surface area (Å²) in [6, 6.07) is 4.18. The highest BCUT2D eigenvalue weighted by atomic mass is 16.5. The molecule has 72 valence electrons. The summed E-state index contributed by atoms with van der Waals surface area (Å²) in [5.74, 6) is 0.692. The van der Waals surface area contributed by atoms with Gasteiger partial charge in [0.25, 0.3) is 0 Å². The van der Waals surface area contributed by atoms with Crippen LogP contribution in [0.3, 0.4) is 0 Å². The average Bonchev–Trinajstić information content (AvgIpc) is 2.04. The topological polar surface area (TPSA) is 22.1 Å². The number of hydrogen-bond acceptors (Lipinski definition) is 2. The van der Waals surface area contributed by atoms with E-state index in [1.165, 1.54) is 5.56 Å². The molecule has 1 rings (SSSR count). The Hall–Kier alpha value is -0.890. The van der Waals surface area contributed by atoms with E-state index in [1.54, 1.807) is 7.11 Å². The monoisotopic (exact) mass is 179 g/mol. The molecule has 0 aliphatic heterocycles. The van der Waals surface area contributed by atoms with Crippen LogP contribution >= 0.6 is 0 Å². The molecule has 0 atom stereocenters. The first-order valence-corrected chi connectivity index (χ1v) is 4.65. The number of pyridine rings is 1. The zero-order valence-electron chi connectivity index (χ0n) is 8.58. The normalized spacial score (nSPS) is 10.8. The van der Waals surface area contributed by atoms with Crippen LogP contribution in [0.15, 0.2) is 18.3 Å². The van der Waals surface area contributed by atoms with Gasteiger partial charge >= 0.3 is 0 Å². The Bertz CT molecular complexity index is 258. The molecule has 0 fully saturated rings. The minimum atomic E-state index is 0.603. The van der Waals surface area contributed by atoms with Crippen molar-refractivity contribution in [3.63, 3.8) is 0 Å². The Morgan fingerprint density at radius 3 is 2.85 bits per heavy atom. The smallest absolute Gasteiger partial charge is 0.0884 e. The van der Waals surface area contributed by atoms with E-state index in [4.69, 9.17) is 4.74 Å². The second-order valence-corrected chi connectivity index (χ2v) is 3.69. The maximum absolute atomic E-state index is 5.03. The summed E-state index contributed by atoms with van der Waals surface area (Å²) in [6.07, 6.45) is 2.96. The third kappa shape index (κ3) is 3.55. The Morgan fingerprint density at radius 1 is 1.46 bits per heavy atom. The van der Waals surface area contributed by atoms with Crippen LogP contribution in [0, 0.1) is 5.92 Å². The quantitative estimate of drug-likeness (QED) is 0.708. The van der Waals surface area contributed by atoms with E-state index in [9.17, 15) is 0 Å². The first kappa shape index (κ1) is 10.2. The van der Waals surface area contributed by atoms with Crippen molar-refractivity contribution in [2.45, 2.75) is 26.9 Å². The lowest BCUT2D eigenvalue weighted by molar-refractivity contribution is 0.181. The van der Waals surface area contributed by atoms with Gasteiger partial charge in [-0.15, -0.1) is 0 Å². The Balaban J connectivity index is 2.67. The van der Waals surface area contributed by atoms with Gasteiger partial charge in [-0.1, -0.05) is 13.8 Å². The number of ether oxygens (including phenoxy) is 1. The molecule has 0 bridgehead atoms. The molecule has 0 aliphatic rings. The molecule has 0 amide bonds. The molecule has 2 nitrogen and oxygen atoms in total. The Labute approximate surface area is 80.0 Å². The fourth-order valence-corrected chi connectivity index (χ4v) is 1.35. The first-order valence-electron chi connectivity index (χ1n) is 4.65. The number of aromatic nitrogens is 1. The van der Waals surface area contributed by atoms with Crippen LogP contribution in [-0.2, 0) is 17.8 Å². The molecule has 1 aromatic heterocycles. The maximum atomic E-state index is 5.03. The second kappa shape index (κ2) is 4.97. The van der Waals surface area contributed by atoms with Gasteiger partial charge in [0.2, 0.25) is 0 Å². The lowest BCUT2D eigenvalue weighted by Crippen LogP contribution is -1.97. The van der Waals surface area contributed by atoms with E-state index >= 15 is 0 Å². The third-order valence-corrected chi connectivity index (χ3v) is 1.82. The fraction of sp³-hybridized carbons (Fsp3) is 0.545. The van der Waals surface area contributed by atoms with Gasteiger partial charge in [-0.25, -0.2) is 0 Å². The Kier molecular flexibility index (Phi) is 3.90. The molecule has 0 N–H and O–H groups in total. The maximum Gasteiger partial charge on any atom is 0.0884 e. The van der Waals surface area contributed by atoms with Crippen LogP contribution in [-0.4, -0.2) is 12.1 Å². The molecule has 0 saturated carbocycles. The van der Waals surface area contributed by atoms with Crippen molar-refractivity contribution in [3.05, 3.63) is 29.6 Å². The predicted molar refractivity (Wildman–Crippen MR) is 53.5 cm³/mol. The molecule has 13 heavy (non-hydrogen) atoms. The lowest BCUT2D eigenvalue weighted by atomic mass is 10.0. The van der Waals surface area contributed by atoms with Crippen LogP contribution in [0.2, 0.25) is 0 Å². The van der Waals surface area contributed by atoms with Gasteiger partial charge in [-0.3, -0.25) is 4.98 Å². The standard InChI is InChI=1S/C11H17NO/c1-9(2)6-10-4-5-12-11(7-10)8-13-3/h4-5,7,9H,6,8H2,1-3H3. The lowest BCUT2D eigenvalue weighted by Gasteiger charge is -2.06. The van der Waals surface area contributed by atoms with Crippen LogP contribution < -0.4 is 0 Å². The summed E-state index contributed by atoms with van der Waals surface area (Å²) in [5, 5.41) is 0. The highest BCUT2D eigenvalue weighted by Crippen LogP contribution is 2.08. The molecule has 0 radical (unpaired) electrons. The van der Waals surface area contributed by atoms with Gasteiger partial charge in [0, 0.05) is 13.3 Å². The van der Waals surface area contributed by atoms with Crippen molar-refractivity contribution >= 4 is 0 Å². The molecule has 0 spiro atoms. The number of rotatable bonds is 4. The van der Waals surface area contributed by atoms with Crippen LogP contribution in [0.5, 0.6) is 0 Å². The van der Waals surface area contributed by atoms with Crippen molar-refractivity contribution in [1.82, 2.24) is 4.98 Å². The van der Waals surface area contributed by atoms with E-state index in [1.807, 2.05) is 6.20 Å². The summed E-state index contributed by atoms with van der Waals surface area (Å²) in [6.45, 7) is 5.04. The summed E-state index contributed by atoms with van der Waals surface area (Å²) in [4.78, 5) is 4.21. The van der Waals surface area contributed by atoms with E-state index in [2.05, 4.69) is 31.0 Å². The van der Waals surface area contributed by atoms with Crippen molar-refractivity contribution < 1.29 is 4.74 Å². The second-order valence-electron chi connectivity index (χ2n) is 3.69. The van der Waals surface area contributed by atoms with Gasteiger partial charge in [0.05, 0.1) is 12.3 Å². The molecular weight excluding hydrogens is 162 g/mol. The number of nitrogens with zero attached hydrogens (tertiary/aromatic N) is 1. The van der Waals surface area contributed by atoms with E-state index in [-0.39, 0.29) is 0 Å². The SMILES string of the molecule is COCc1cc(CC(C)C)ccn1. The van der Waals surface area contributed by atoms with Gasteiger partial charge in [-0.05, 0) is 30.0 Å². The van der Waals surface area contributed by atoms with Crippen molar-refractivity contribution in [1.29, 1.82) is 0 Å². The molecular formula is C11H17NO. The molecule has 1 heterocycles. The minimum absolute atomic E-state index is 0.603. The van der Waals surface area contributed by atoms with Crippen LogP contribution in [0.4, 0.5) is 0 Å². The molecule has 0 aliphatic carbocycles. The molecule has 0 unspecified atom stereocenters. The summed E-state index contributed by atoms with van der Waals surface area (Å²) >= 11 is 0. The predicted octanol–water partition coefficient (Wildman–Crippen LogP) is 2.43. The van der Waals surface area contributed by atoms with E-state index in [0.717, 1.165) is 12.1 Å². The molecule has 2 heteroatoms. The van der Waals surface area contributed by atoms with Gasteiger partial charge < -0.3 is 4.74 Å². The largest absolute Gasteiger partial charge is 0.378 e. The van der Waals surface area contributed by atoms with Gasteiger partial charge in [0.15, 0.2) is 0 Å². The third-order valence-electron chi connectivity index (χ3n) is 1.82. The van der Waals surface area contributed by atoms with Crippen LogP contribution in [0.1, 0.15) is 25.1 Å². The minimum Gasteiger partial charge on any atom is -0.378 e. The van der Waals surface area contributed by atoms with Crippen molar-refractivity contribution in [2.24, 2.45) is 5.92 Å². The fourth-order valence-electron chi connectivity index (χ4n) is 1.35. The number of methoxy groups -OCH3 is 1. The molecule has 0 aromatic carbocycles. The van der Waals surface area contributed by atoms with Crippen molar-refractivity contribution in [2.75, 3.05) is 7.11 Å². The zero-order chi connectivity index (χ0) is 9.68. The number of hydrogen-bond donors (Lipinski definition) is 0. The molecule has 1 aromatic rings. The van der Waals surface area contributed by atoms with E-state index < -0.39 is 0 Å². The highest BCUT2D eigenvalue weighted by molar-refractivity contribution is 5.16. The van der Waals surface area contributed by atoms with Crippen LogP contribution in [0.25, 0.3) is 0 Å². The van der Waals surface area contributed by atoms with Gasteiger partial charge in [0.1, 0.15) is 0 Å². The first-order chi connectivity index (χ1) is 6.22. The zero-order valence-corrected chi connectivity index (χ0v) is 8.58. The van der Waals surface area contributed by atoms with Gasteiger partial charge in [-0.2, -0.15) is 0 Å².